The van der Waals surface area contributed by atoms with E-state index in [9.17, 15) is 4.79 Å². The van der Waals surface area contributed by atoms with E-state index >= 15 is 0 Å². The number of nitrogens with one attached hydrogen (secondary N) is 2. The fourth-order valence-corrected chi connectivity index (χ4v) is 3.62. The minimum Gasteiger partial charge on any atom is -0.353 e. The highest BCUT2D eigenvalue weighted by Gasteiger charge is 2.37. The highest BCUT2D eigenvalue weighted by molar-refractivity contribution is 5.77. The number of anilines is 1. The van der Waals surface area contributed by atoms with Crippen LogP contribution < -0.4 is 5.32 Å². The van der Waals surface area contributed by atoms with Crippen molar-refractivity contribution in [2.75, 3.05) is 5.32 Å². The molecule has 0 aliphatic heterocycles. The van der Waals surface area contributed by atoms with E-state index in [-0.39, 0.29) is 0 Å². The number of benzene rings is 3. The molecule has 4 nitrogen and oxygen atoms in total. The van der Waals surface area contributed by atoms with Crippen LogP contribution in [0.1, 0.15) is 32.7 Å². The number of H-pyrrole nitrogens is 1. The molecule has 2 N–H and O–H groups in total. The minimum absolute atomic E-state index is 0.408. The Morgan fingerprint density at radius 2 is 1.21 bits per heavy atom. The molecule has 0 aliphatic rings. The number of hydrogen-bond acceptors (Lipinski definition) is 3. The molecule has 0 fully saturated rings. The Morgan fingerprint density at radius 3 is 1.57 bits per heavy atom. The summed E-state index contributed by atoms with van der Waals surface area (Å²) in [5.41, 5.74) is 3.83. The normalized spacial score (nSPS) is 11.2. The third-order valence-electron chi connectivity index (χ3n) is 5.09. The molecule has 3 aromatic carbocycles. The van der Waals surface area contributed by atoms with Crippen LogP contribution in [0.4, 0.5) is 5.82 Å². The van der Waals surface area contributed by atoms with Gasteiger partial charge < -0.3 is 5.32 Å². The van der Waals surface area contributed by atoms with Gasteiger partial charge in [-0.05, 0) is 23.6 Å². The number of aromatic nitrogens is 2. The number of aromatic amines is 1. The first-order chi connectivity index (χ1) is 13.8. The molecule has 138 valence electrons. The van der Waals surface area contributed by atoms with Crippen molar-refractivity contribution in [1.29, 1.82) is 0 Å². The second-order valence-corrected chi connectivity index (χ2v) is 6.70. The van der Waals surface area contributed by atoms with E-state index in [4.69, 9.17) is 0 Å². The van der Waals surface area contributed by atoms with Crippen LogP contribution in [0, 0.1) is 6.92 Å². The van der Waals surface area contributed by atoms with Gasteiger partial charge in [-0.2, -0.15) is 5.10 Å². The van der Waals surface area contributed by atoms with Crippen molar-refractivity contribution in [3.05, 3.63) is 119 Å². The summed E-state index contributed by atoms with van der Waals surface area (Å²) in [6, 6.07) is 30.9. The third kappa shape index (κ3) is 2.99. The number of hydrogen-bond donors (Lipinski definition) is 2. The molecule has 0 aliphatic carbocycles. The Bertz CT molecular complexity index is 960. The highest BCUT2D eigenvalue weighted by atomic mass is 16.1. The van der Waals surface area contributed by atoms with Crippen LogP contribution in [0.25, 0.3) is 0 Å². The minimum atomic E-state index is -0.652. The van der Waals surface area contributed by atoms with Gasteiger partial charge in [-0.15, -0.1) is 0 Å². The van der Waals surface area contributed by atoms with Crippen molar-refractivity contribution in [3.63, 3.8) is 0 Å². The zero-order valence-corrected chi connectivity index (χ0v) is 15.6. The molecular formula is C24H21N3O. The maximum absolute atomic E-state index is 11.3. The molecule has 0 radical (unpaired) electrons. The van der Waals surface area contributed by atoms with Gasteiger partial charge in [-0.3, -0.25) is 9.89 Å². The van der Waals surface area contributed by atoms with E-state index in [0.29, 0.717) is 5.69 Å². The van der Waals surface area contributed by atoms with Crippen LogP contribution >= 0.6 is 0 Å². The Hall–Kier alpha value is -3.66. The monoisotopic (exact) mass is 367 g/mol. The summed E-state index contributed by atoms with van der Waals surface area (Å²) in [5, 5.41) is 10.8. The molecule has 4 heteroatoms. The number of carbonyl (C=O) groups excluding carboxylic acids is 1. The summed E-state index contributed by atoms with van der Waals surface area (Å²) in [7, 11) is 0. The summed E-state index contributed by atoms with van der Waals surface area (Å²) in [6.07, 6.45) is 0.770. The fraction of sp³-hybridized carbons (Fsp3) is 0.0833. The van der Waals surface area contributed by atoms with E-state index in [1.807, 2.05) is 61.5 Å². The zero-order valence-electron chi connectivity index (χ0n) is 15.6. The molecule has 0 bridgehead atoms. The quantitative estimate of drug-likeness (QED) is 0.375. The average Bonchev–Trinajstić information content (AvgIpc) is 3.13. The van der Waals surface area contributed by atoms with E-state index in [1.165, 1.54) is 0 Å². The van der Waals surface area contributed by atoms with Crippen molar-refractivity contribution in [3.8, 4) is 0 Å². The molecule has 1 aromatic heterocycles. The maximum atomic E-state index is 11.3. The van der Waals surface area contributed by atoms with Crippen molar-refractivity contribution in [2.24, 2.45) is 0 Å². The van der Waals surface area contributed by atoms with Crippen LogP contribution in [0.2, 0.25) is 0 Å². The van der Waals surface area contributed by atoms with Crippen molar-refractivity contribution in [2.45, 2.75) is 12.5 Å². The smallest absolute Gasteiger partial charge is 0.170 e. The molecule has 0 unspecified atom stereocenters. The van der Waals surface area contributed by atoms with Gasteiger partial charge in [0.1, 0.15) is 17.1 Å². The predicted molar refractivity (Wildman–Crippen MR) is 112 cm³/mol. The van der Waals surface area contributed by atoms with Crippen molar-refractivity contribution < 1.29 is 4.79 Å². The summed E-state index contributed by atoms with van der Waals surface area (Å²) >= 11 is 0. The van der Waals surface area contributed by atoms with E-state index in [0.717, 1.165) is 34.4 Å². The fourth-order valence-electron chi connectivity index (χ4n) is 3.62. The predicted octanol–water partition coefficient (Wildman–Crippen LogP) is 4.93. The van der Waals surface area contributed by atoms with Gasteiger partial charge in [0.25, 0.3) is 0 Å². The zero-order chi connectivity index (χ0) is 19.4. The summed E-state index contributed by atoms with van der Waals surface area (Å²) in [4.78, 5) is 11.3. The molecule has 0 saturated carbocycles. The van der Waals surface area contributed by atoms with Crippen LogP contribution in [-0.4, -0.2) is 16.5 Å². The molecule has 0 saturated heterocycles. The number of nitrogens with zero attached hydrogens (tertiary/aromatic N) is 1. The Balaban J connectivity index is 2.00. The van der Waals surface area contributed by atoms with Gasteiger partial charge in [0, 0.05) is 5.56 Å². The van der Waals surface area contributed by atoms with Crippen LogP contribution in [0.5, 0.6) is 0 Å². The summed E-state index contributed by atoms with van der Waals surface area (Å²) < 4.78 is 0. The van der Waals surface area contributed by atoms with Crippen LogP contribution in [-0.2, 0) is 5.54 Å². The van der Waals surface area contributed by atoms with Gasteiger partial charge in [-0.25, -0.2) is 0 Å². The van der Waals surface area contributed by atoms with Crippen LogP contribution in [0.3, 0.4) is 0 Å². The molecule has 0 spiro atoms. The largest absolute Gasteiger partial charge is 0.353 e. The molecule has 4 aromatic rings. The lowest BCUT2D eigenvalue weighted by Gasteiger charge is -2.37. The van der Waals surface area contributed by atoms with Crippen molar-refractivity contribution >= 4 is 12.1 Å². The molecule has 1 heterocycles. The average molecular weight is 367 g/mol. The first-order valence-electron chi connectivity index (χ1n) is 9.20. The number of carbonyl (C=O) groups is 1. The Morgan fingerprint density at radius 1 is 0.786 bits per heavy atom. The van der Waals surface area contributed by atoms with Gasteiger partial charge in [-0.1, -0.05) is 91.0 Å². The second-order valence-electron chi connectivity index (χ2n) is 6.70. The molecule has 0 amide bonds. The Kier molecular flexibility index (Phi) is 4.77. The number of aldehydes is 1. The van der Waals surface area contributed by atoms with Gasteiger partial charge in [0.05, 0.1) is 0 Å². The molecule has 4 rings (SSSR count). The lowest BCUT2D eigenvalue weighted by atomic mass is 9.77. The van der Waals surface area contributed by atoms with Gasteiger partial charge in [0.2, 0.25) is 0 Å². The standard InChI is InChI=1S/C24H21N3O/c1-18-22(17-28)26-27-23(18)25-24(19-11-5-2-6-12-19,20-13-7-3-8-14-20)21-15-9-4-10-16-21/h2-17H,1H3,(H2,25,26,27). The number of rotatable bonds is 6. The topological polar surface area (TPSA) is 57.8 Å². The first-order valence-corrected chi connectivity index (χ1v) is 9.20. The SMILES string of the molecule is Cc1c(C=O)n[nH]c1NC(c1ccccc1)(c1ccccc1)c1ccccc1. The lowest BCUT2D eigenvalue weighted by Crippen LogP contribution is -2.38. The van der Waals surface area contributed by atoms with Gasteiger partial charge in [0.15, 0.2) is 6.29 Å². The van der Waals surface area contributed by atoms with Gasteiger partial charge >= 0.3 is 0 Å². The highest BCUT2D eigenvalue weighted by Crippen LogP contribution is 2.40. The third-order valence-corrected chi connectivity index (χ3v) is 5.09. The van der Waals surface area contributed by atoms with Crippen molar-refractivity contribution in [1.82, 2.24) is 10.2 Å². The second kappa shape index (κ2) is 7.53. The molecule has 0 atom stereocenters. The maximum Gasteiger partial charge on any atom is 0.170 e. The molecule has 28 heavy (non-hydrogen) atoms. The molecular weight excluding hydrogens is 346 g/mol. The Labute approximate surface area is 164 Å². The van der Waals surface area contributed by atoms with E-state index < -0.39 is 5.54 Å². The van der Waals surface area contributed by atoms with E-state index in [2.05, 4.69) is 51.9 Å². The summed E-state index contributed by atoms with van der Waals surface area (Å²) in [5.74, 6) is 0.721. The first kappa shape index (κ1) is 17.7. The summed E-state index contributed by atoms with van der Waals surface area (Å²) in [6.45, 7) is 1.89. The van der Waals surface area contributed by atoms with E-state index in [1.54, 1.807) is 0 Å². The lowest BCUT2D eigenvalue weighted by molar-refractivity contribution is 0.111. The van der Waals surface area contributed by atoms with Crippen LogP contribution in [0.15, 0.2) is 91.0 Å².